The van der Waals surface area contributed by atoms with Gasteiger partial charge in [0, 0.05) is 37.1 Å². The zero-order chi connectivity index (χ0) is 18.5. The fourth-order valence-electron chi connectivity index (χ4n) is 3.15. The summed E-state index contributed by atoms with van der Waals surface area (Å²) in [4.78, 5) is 33.0. The Bertz CT molecular complexity index is 762. The maximum Gasteiger partial charge on any atom is 0.249 e. The van der Waals surface area contributed by atoms with Crippen molar-refractivity contribution in [1.82, 2.24) is 9.88 Å². The summed E-state index contributed by atoms with van der Waals surface area (Å²) in [7, 11) is 1.61. The molecule has 1 unspecified atom stereocenters. The highest BCUT2D eigenvalue weighted by Crippen LogP contribution is 2.23. The fourth-order valence-corrected chi connectivity index (χ4v) is 3.15. The van der Waals surface area contributed by atoms with E-state index in [-0.39, 0.29) is 11.8 Å². The van der Waals surface area contributed by atoms with Crippen molar-refractivity contribution in [2.75, 3.05) is 25.1 Å². The summed E-state index contributed by atoms with van der Waals surface area (Å²) in [5.74, 6) is 0.677. The minimum atomic E-state index is -0.470. The van der Waals surface area contributed by atoms with Crippen LogP contribution in [0, 0.1) is 0 Å². The SMILES string of the molecule is COc1ccc(N2CCN(C(=O)CCc3ccccn3)C(C)C2=O)cc1. The number of hydrogen-bond acceptors (Lipinski definition) is 4. The molecule has 6 heteroatoms. The highest BCUT2D eigenvalue weighted by molar-refractivity contribution is 6.00. The van der Waals surface area contributed by atoms with E-state index in [1.165, 1.54) is 0 Å². The number of carbonyl (C=O) groups excluding carboxylic acids is 2. The smallest absolute Gasteiger partial charge is 0.249 e. The largest absolute Gasteiger partial charge is 0.497 e. The van der Waals surface area contributed by atoms with E-state index >= 15 is 0 Å². The van der Waals surface area contributed by atoms with Gasteiger partial charge in [-0.3, -0.25) is 14.6 Å². The molecular weight excluding hydrogens is 330 g/mol. The monoisotopic (exact) mass is 353 g/mol. The minimum absolute atomic E-state index is 0.00844. The van der Waals surface area contributed by atoms with Crippen molar-refractivity contribution in [2.45, 2.75) is 25.8 Å². The first-order valence-electron chi connectivity index (χ1n) is 8.75. The second kappa shape index (κ2) is 7.99. The Morgan fingerprint density at radius 2 is 1.96 bits per heavy atom. The van der Waals surface area contributed by atoms with Crippen LogP contribution < -0.4 is 9.64 Å². The molecule has 1 atom stereocenters. The minimum Gasteiger partial charge on any atom is -0.497 e. The topological polar surface area (TPSA) is 62.7 Å². The third-order valence-corrected chi connectivity index (χ3v) is 4.68. The molecule has 1 fully saturated rings. The Labute approximate surface area is 153 Å². The zero-order valence-corrected chi connectivity index (χ0v) is 15.1. The second-order valence-electron chi connectivity index (χ2n) is 6.27. The Kier molecular flexibility index (Phi) is 5.51. The van der Waals surface area contributed by atoms with Crippen molar-refractivity contribution in [3.05, 3.63) is 54.4 Å². The van der Waals surface area contributed by atoms with Crippen molar-refractivity contribution in [3.8, 4) is 5.75 Å². The van der Waals surface area contributed by atoms with Crippen LogP contribution in [-0.2, 0) is 16.0 Å². The van der Waals surface area contributed by atoms with Crippen LogP contribution in [0.2, 0.25) is 0 Å². The molecule has 1 aromatic heterocycles. The summed E-state index contributed by atoms with van der Waals surface area (Å²) in [5.41, 5.74) is 1.71. The molecule has 0 spiro atoms. The fraction of sp³-hybridized carbons (Fsp3) is 0.350. The molecule has 26 heavy (non-hydrogen) atoms. The number of piperazine rings is 1. The zero-order valence-electron chi connectivity index (χ0n) is 15.1. The second-order valence-corrected chi connectivity index (χ2v) is 6.27. The van der Waals surface area contributed by atoms with Crippen molar-refractivity contribution < 1.29 is 14.3 Å². The maximum atomic E-state index is 12.8. The maximum absolute atomic E-state index is 12.8. The number of aryl methyl sites for hydroxylation is 1. The number of carbonyl (C=O) groups is 2. The predicted molar refractivity (Wildman–Crippen MR) is 99.1 cm³/mol. The molecule has 0 aliphatic carbocycles. The summed E-state index contributed by atoms with van der Waals surface area (Å²) in [6.07, 6.45) is 2.66. The highest BCUT2D eigenvalue weighted by Gasteiger charge is 2.34. The summed E-state index contributed by atoms with van der Waals surface area (Å²) >= 11 is 0. The van der Waals surface area contributed by atoms with Gasteiger partial charge in [-0.1, -0.05) is 6.07 Å². The van der Waals surface area contributed by atoms with Gasteiger partial charge < -0.3 is 14.5 Å². The standard InChI is InChI=1S/C20H23N3O3/c1-15-20(25)23(17-7-9-18(26-2)10-8-17)14-13-22(15)19(24)11-6-16-5-3-4-12-21-16/h3-5,7-10,12,15H,6,11,13-14H2,1-2H3. The average molecular weight is 353 g/mol. The summed E-state index contributed by atoms with van der Waals surface area (Å²) < 4.78 is 5.15. The highest BCUT2D eigenvalue weighted by atomic mass is 16.5. The number of benzene rings is 1. The molecule has 0 radical (unpaired) electrons. The first-order chi connectivity index (χ1) is 12.6. The van der Waals surface area contributed by atoms with Gasteiger partial charge in [-0.25, -0.2) is 0 Å². The third kappa shape index (κ3) is 3.85. The van der Waals surface area contributed by atoms with Gasteiger partial charge in [0.15, 0.2) is 0 Å². The van der Waals surface area contributed by atoms with E-state index in [1.807, 2.05) is 42.5 Å². The van der Waals surface area contributed by atoms with Crippen LogP contribution in [0.1, 0.15) is 19.0 Å². The first-order valence-corrected chi connectivity index (χ1v) is 8.75. The van der Waals surface area contributed by atoms with E-state index in [2.05, 4.69) is 4.98 Å². The number of nitrogens with zero attached hydrogens (tertiary/aromatic N) is 3. The lowest BCUT2D eigenvalue weighted by Gasteiger charge is -2.39. The summed E-state index contributed by atoms with van der Waals surface area (Å²) in [6.45, 7) is 2.81. The number of hydrogen-bond donors (Lipinski definition) is 0. The molecule has 1 aliphatic heterocycles. The first kappa shape index (κ1) is 17.9. The van der Waals surface area contributed by atoms with Crippen LogP contribution >= 0.6 is 0 Å². The molecule has 0 N–H and O–H groups in total. The number of anilines is 1. The van der Waals surface area contributed by atoms with E-state index in [9.17, 15) is 9.59 Å². The number of ether oxygens (including phenoxy) is 1. The Hall–Kier alpha value is -2.89. The number of amides is 2. The van der Waals surface area contributed by atoms with Gasteiger partial charge in [-0.15, -0.1) is 0 Å². The number of pyridine rings is 1. The van der Waals surface area contributed by atoms with Crippen LogP contribution in [0.15, 0.2) is 48.7 Å². The van der Waals surface area contributed by atoms with Crippen LogP contribution in [-0.4, -0.2) is 47.9 Å². The normalized spacial score (nSPS) is 17.3. The molecular formula is C20H23N3O3. The lowest BCUT2D eigenvalue weighted by Crippen LogP contribution is -2.57. The molecule has 3 rings (SSSR count). The lowest BCUT2D eigenvalue weighted by atomic mass is 10.1. The van der Waals surface area contributed by atoms with Crippen molar-refractivity contribution in [3.63, 3.8) is 0 Å². The van der Waals surface area contributed by atoms with Gasteiger partial charge in [-0.2, -0.15) is 0 Å². The Morgan fingerprint density at radius 3 is 2.62 bits per heavy atom. The average Bonchev–Trinajstić information content (AvgIpc) is 2.69. The Balaban J connectivity index is 1.62. The molecule has 2 amide bonds. The van der Waals surface area contributed by atoms with Crippen LogP contribution in [0.4, 0.5) is 5.69 Å². The van der Waals surface area contributed by atoms with Gasteiger partial charge in [0.05, 0.1) is 7.11 Å². The van der Waals surface area contributed by atoms with Gasteiger partial charge in [0.2, 0.25) is 11.8 Å². The molecule has 1 aliphatic rings. The molecule has 0 bridgehead atoms. The quantitative estimate of drug-likeness (QED) is 0.827. The molecule has 2 aromatic rings. The molecule has 1 saturated heterocycles. The predicted octanol–water partition coefficient (Wildman–Crippen LogP) is 2.29. The third-order valence-electron chi connectivity index (χ3n) is 4.68. The van der Waals surface area contributed by atoms with Gasteiger partial charge >= 0.3 is 0 Å². The van der Waals surface area contributed by atoms with Crippen molar-refractivity contribution in [2.24, 2.45) is 0 Å². The molecule has 0 saturated carbocycles. The van der Waals surface area contributed by atoms with E-state index in [1.54, 1.807) is 30.0 Å². The summed E-state index contributed by atoms with van der Waals surface area (Å²) in [6, 6.07) is 12.6. The van der Waals surface area contributed by atoms with Gasteiger partial charge in [0.1, 0.15) is 11.8 Å². The van der Waals surface area contributed by atoms with Crippen LogP contribution in [0.3, 0.4) is 0 Å². The summed E-state index contributed by atoms with van der Waals surface area (Å²) in [5, 5.41) is 0. The number of aromatic nitrogens is 1. The molecule has 6 nitrogen and oxygen atoms in total. The van der Waals surface area contributed by atoms with E-state index in [0.29, 0.717) is 25.9 Å². The lowest BCUT2D eigenvalue weighted by molar-refractivity contribution is -0.140. The van der Waals surface area contributed by atoms with E-state index < -0.39 is 6.04 Å². The van der Waals surface area contributed by atoms with Crippen molar-refractivity contribution in [1.29, 1.82) is 0 Å². The number of methoxy groups -OCH3 is 1. The van der Waals surface area contributed by atoms with E-state index in [4.69, 9.17) is 4.74 Å². The van der Waals surface area contributed by atoms with E-state index in [0.717, 1.165) is 17.1 Å². The van der Waals surface area contributed by atoms with Crippen molar-refractivity contribution >= 4 is 17.5 Å². The van der Waals surface area contributed by atoms with Gasteiger partial charge in [0.25, 0.3) is 0 Å². The molecule has 136 valence electrons. The molecule has 2 heterocycles. The number of rotatable bonds is 5. The molecule has 1 aromatic carbocycles. The van der Waals surface area contributed by atoms with Crippen LogP contribution in [0.5, 0.6) is 5.75 Å². The Morgan fingerprint density at radius 1 is 1.19 bits per heavy atom. The van der Waals surface area contributed by atoms with Gasteiger partial charge in [-0.05, 0) is 49.7 Å². The van der Waals surface area contributed by atoms with Crippen LogP contribution in [0.25, 0.3) is 0 Å².